The average molecular weight is 367 g/mol. The molecule has 0 fully saturated rings. The van der Waals surface area contributed by atoms with Crippen molar-refractivity contribution >= 4 is 37.9 Å². The fraction of sp³-hybridized carbons (Fsp3) is 0.909. The van der Waals surface area contributed by atoms with Crippen molar-refractivity contribution in [1.29, 1.82) is 0 Å². The van der Waals surface area contributed by atoms with Crippen molar-refractivity contribution in [1.82, 2.24) is 4.90 Å². The van der Waals surface area contributed by atoms with E-state index >= 15 is 0 Å². The van der Waals surface area contributed by atoms with E-state index in [0.717, 1.165) is 0 Å². The summed E-state index contributed by atoms with van der Waals surface area (Å²) in [7, 11) is 0.438. The lowest BCUT2D eigenvalue weighted by Crippen LogP contribution is -2.50. The predicted molar refractivity (Wildman–Crippen MR) is 90.7 cm³/mol. The van der Waals surface area contributed by atoms with Gasteiger partial charge in [-0.15, -0.1) is 24.8 Å². The maximum Gasteiger partial charge on any atom is 0.451 e. The second kappa shape index (κ2) is 15.8. The normalized spacial score (nSPS) is 12.5. The molecule has 0 bridgehead atoms. The number of nitrogens with two attached hydrogens (primary N) is 1. The van der Waals surface area contributed by atoms with Gasteiger partial charge in [0.05, 0.1) is 6.61 Å². The van der Waals surface area contributed by atoms with Crippen LogP contribution in [0.2, 0.25) is 6.32 Å². The summed E-state index contributed by atoms with van der Waals surface area (Å²) in [5, 5.41) is 35.4. The number of carboxylic acids is 1. The maximum absolute atomic E-state index is 11.2. The van der Waals surface area contributed by atoms with E-state index in [1.165, 1.54) is 0 Å². The molecule has 8 nitrogen and oxygen atoms in total. The van der Waals surface area contributed by atoms with E-state index in [1.807, 2.05) is 4.90 Å². The second-order valence-electron chi connectivity index (χ2n) is 4.96. The summed E-state index contributed by atoms with van der Waals surface area (Å²) >= 11 is 0. The Balaban J connectivity index is -0.000000540. The third-order valence-electron chi connectivity index (χ3n) is 3.18. The van der Waals surface area contributed by atoms with Gasteiger partial charge in [0.15, 0.2) is 0 Å². The molecule has 1 atom stereocenters. The van der Waals surface area contributed by atoms with Gasteiger partial charge >= 0.3 is 13.1 Å². The lowest BCUT2D eigenvalue weighted by atomic mass is 9.81. The van der Waals surface area contributed by atoms with Gasteiger partial charge in [0, 0.05) is 13.1 Å². The Bertz CT molecular complexity index is 279. The van der Waals surface area contributed by atoms with Gasteiger partial charge in [-0.1, -0.05) is 12.8 Å². The van der Waals surface area contributed by atoms with Crippen molar-refractivity contribution in [2.45, 2.75) is 37.5 Å². The van der Waals surface area contributed by atoms with Crippen molar-refractivity contribution in [2.24, 2.45) is 5.73 Å². The minimum Gasteiger partial charge on any atom is -0.480 e. The van der Waals surface area contributed by atoms with E-state index in [4.69, 9.17) is 20.9 Å². The molecular weight excluding hydrogens is 338 g/mol. The van der Waals surface area contributed by atoms with Crippen LogP contribution in [-0.2, 0) is 4.79 Å². The van der Waals surface area contributed by atoms with Gasteiger partial charge in [0.1, 0.15) is 5.54 Å². The van der Waals surface area contributed by atoms with Gasteiger partial charge in [0.25, 0.3) is 0 Å². The fourth-order valence-corrected chi connectivity index (χ4v) is 1.78. The minimum absolute atomic E-state index is 0. The summed E-state index contributed by atoms with van der Waals surface area (Å²) in [6, 6.07) is 0. The lowest BCUT2D eigenvalue weighted by molar-refractivity contribution is -0.144. The molecule has 136 valence electrons. The molecular formula is C11H29BCl2N2O6. The van der Waals surface area contributed by atoms with Crippen LogP contribution >= 0.6 is 24.8 Å². The number of hydrogen-bond acceptors (Lipinski definition) is 6. The van der Waals surface area contributed by atoms with Crippen LogP contribution in [0.5, 0.6) is 0 Å². The molecule has 22 heavy (non-hydrogen) atoms. The average Bonchev–Trinajstić information content (AvgIpc) is 2.32. The van der Waals surface area contributed by atoms with Crippen LogP contribution in [0.25, 0.3) is 0 Å². The summed E-state index contributed by atoms with van der Waals surface area (Å²) < 4.78 is 0. The molecule has 0 heterocycles. The molecule has 0 aliphatic rings. The minimum atomic E-state index is -1.35. The number of halogens is 2. The Kier molecular flexibility index (Phi) is 21.4. The first-order valence-corrected chi connectivity index (χ1v) is 6.49. The van der Waals surface area contributed by atoms with Crippen LogP contribution in [0.3, 0.4) is 0 Å². The van der Waals surface area contributed by atoms with Gasteiger partial charge in [-0.2, -0.15) is 0 Å². The van der Waals surface area contributed by atoms with Crippen LogP contribution in [0.1, 0.15) is 25.7 Å². The number of rotatable bonds is 11. The first-order valence-electron chi connectivity index (χ1n) is 6.49. The Morgan fingerprint density at radius 2 is 1.73 bits per heavy atom. The van der Waals surface area contributed by atoms with Crippen molar-refractivity contribution < 1.29 is 30.5 Å². The van der Waals surface area contributed by atoms with Gasteiger partial charge in [-0.05, 0) is 26.2 Å². The molecule has 0 saturated heterocycles. The molecule has 0 aromatic heterocycles. The van der Waals surface area contributed by atoms with E-state index in [9.17, 15) is 9.90 Å². The zero-order valence-electron chi connectivity index (χ0n) is 12.8. The molecule has 0 saturated carbocycles. The molecule has 0 aliphatic heterocycles. The van der Waals surface area contributed by atoms with Crippen LogP contribution in [-0.4, -0.2) is 76.0 Å². The smallest absolute Gasteiger partial charge is 0.451 e. The SMILES string of the molecule is CN(CCO)CCC(N)(CCCCB(O)O)C(=O)O.Cl.Cl.O. The highest BCUT2D eigenvalue weighted by molar-refractivity contribution is 6.40. The molecule has 0 rings (SSSR count). The van der Waals surface area contributed by atoms with Gasteiger partial charge in [-0.25, -0.2) is 0 Å². The van der Waals surface area contributed by atoms with Gasteiger partial charge < -0.3 is 36.4 Å². The highest BCUT2D eigenvalue weighted by Crippen LogP contribution is 2.18. The standard InChI is InChI=1S/C11H25BN2O5.2ClH.H2O/c1-14(8-9-15)7-5-11(13,10(16)17)4-2-3-6-12(18)19;;;/h15,18-19H,2-9,13H2,1H3,(H,16,17);2*1H;1H2. The summed E-state index contributed by atoms with van der Waals surface area (Å²) in [5.41, 5.74) is 4.59. The van der Waals surface area contributed by atoms with Crippen LogP contribution < -0.4 is 5.73 Å². The van der Waals surface area contributed by atoms with Crippen molar-refractivity contribution in [3.8, 4) is 0 Å². The fourth-order valence-electron chi connectivity index (χ4n) is 1.78. The molecule has 11 heteroatoms. The van der Waals surface area contributed by atoms with E-state index < -0.39 is 18.6 Å². The molecule has 0 aliphatic carbocycles. The third-order valence-corrected chi connectivity index (χ3v) is 3.18. The first-order chi connectivity index (χ1) is 8.81. The van der Waals surface area contributed by atoms with Crippen LogP contribution in [0.4, 0.5) is 0 Å². The highest BCUT2D eigenvalue weighted by Gasteiger charge is 2.33. The topological polar surface area (TPSA) is 159 Å². The Hall–Kier alpha value is -0.125. The molecule has 0 radical (unpaired) electrons. The molecule has 0 aromatic rings. The summed E-state index contributed by atoms with van der Waals surface area (Å²) in [6.07, 6.45) is 1.86. The van der Waals surface area contributed by atoms with E-state index in [-0.39, 0.29) is 43.2 Å². The van der Waals surface area contributed by atoms with Crippen LogP contribution in [0, 0.1) is 0 Å². The van der Waals surface area contributed by atoms with E-state index in [0.29, 0.717) is 38.8 Å². The number of likely N-dealkylation sites (N-methyl/N-ethyl adjacent to an activating group) is 1. The number of nitrogens with zero attached hydrogens (tertiary/aromatic N) is 1. The zero-order valence-corrected chi connectivity index (χ0v) is 14.4. The number of unbranched alkanes of at least 4 members (excludes halogenated alkanes) is 1. The van der Waals surface area contributed by atoms with E-state index in [1.54, 1.807) is 7.05 Å². The highest BCUT2D eigenvalue weighted by atomic mass is 35.5. The van der Waals surface area contributed by atoms with Crippen molar-refractivity contribution in [3.05, 3.63) is 0 Å². The van der Waals surface area contributed by atoms with Gasteiger partial charge in [0.2, 0.25) is 0 Å². The third kappa shape index (κ3) is 13.5. The molecule has 0 aromatic carbocycles. The number of hydrogen-bond donors (Lipinski definition) is 5. The molecule has 0 amide bonds. The summed E-state index contributed by atoms with van der Waals surface area (Å²) in [6.45, 7) is 0.994. The number of aliphatic carboxylic acids is 1. The van der Waals surface area contributed by atoms with Crippen molar-refractivity contribution in [2.75, 3.05) is 26.7 Å². The number of carbonyl (C=O) groups is 1. The number of aliphatic hydroxyl groups excluding tert-OH is 1. The van der Waals surface area contributed by atoms with Gasteiger partial charge in [-0.3, -0.25) is 4.79 Å². The Labute approximate surface area is 144 Å². The predicted octanol–water partition coefficient (Wildman–Crippen LogP) is -1.26. The molecule has 1 unspecified atom stereocenters. The largest absolute Gasteiger partial charge is 0.480 e. The maximum atomic E-state index is 11.2. The number of aliphatic hydroxyl groups is 1. The quantitative estimate of drug-likeness (QED) is 0.225. The Morgan fingerprint density at radius 1 is 1.18 bits per heavy atom. The monoisotopic (exact) mass is 366 g/mol. The molecule has 8 N–H and O–H groups in total. The lowest BCUT2D eigenvalue weighted by Gasteiger charge is -2.27. The summed E-state index contributed by atoms with van der Waals surface area (Å²) in [4.78, 5) is 13.0. The zero-order chi connectivity index (χ0) is 14.9. The first kappa shape index (κ1) is 29.8. The second-order valence-corrected chi connectivity index (χ2v) is 4.96. The summed E-state index contributed by atoms with van der Waals surface area (Å²) in [5.74, 6) is -1.05. The van der Waals surface area contributed by atoms with E-state index in [2.05, 4.69) is 0 Å². The molecule has 0 spiro atoms. The van der Waals surface area contributed by atoms with Crippen LogP contribution in [0.15, 0.2) is 0 Å². The van der Waals surface area contributed by atoms with Crippen molar-refractivity contribution in [3.63, 3.8) is 0 Å². The Morgan fingerprint density at radius 3 is 2.14 bits per heavy atom. The number of carboxylic acid groups (broad SMARTS) is 1.